The second-order valence-electron chi connectivity index (χ2n) is 3.61. The summed E-state index contributed by atoms with van der Waals surface area (Å²) in [5.41, 5.74) is 0.128. The van der Waals surface area contributed by atoms with E-state index >= 15 is 0 Å². The smallest absolute Gasteiger partial charge is 0.293 e. The standard InChI is InChI=1S/C10H10BrN3O2S/c1-5-6(2)17-8(12-5)4-14-3-7(11)9(15)13-10(14)16/h3H,4H2,1-2H3,(H,13,15,16). The Morgan fingerprint density at radius 1 is 1.47 bits per heavy atom. The van der Waals surface area contributed by atoms with Crippen molar-refractivity contribution in [3.63, 3.8) is 0 Å². The Morgan fingerprint density at radius 3 is 2.76 bits per heavy atom. The summed E-state index contributed by atoms with van der Waals surface area (Å²) in [4.78, 5) is 30.4. The monoisotopic (exact) mass is 315 g/mol. The molecule has 0 aromatic carbocycles. The molecular weight excluding hydrogens is 306 g/mol. The molecule has 0 bridgehead atoms. The zero-order valence-electron chi connectivity index (χ0n) is 9.28. The van der Waals surface area contributed by atoms with Crippen LogP contribution >= 0.6 is 27.3 Å². The molecule has 0 atom stereocenters. The minimum absolute atomic E-state index is 0.335. The number of H-pyrrole nitrogens is 1. The third-order valence-electron chi connectivity index (χ3n) is 2.35. The molecule has 0 saturated carbocycles. The lowest BCUT2D eigenvalue weighted by molar-refractivity contribution is 0.711. The van der Waals surface area contributed by atoms with Gasteiger partial charge in [-0.05, 0) is 29.8 Å². The van der Waals surface area contributed by atoms with Crippen LogP contribution in [0.5, 0.6) is 0 Å². The first-order valence-corrected chi connectivity index (χ1v) is 6.50. The molecule has 0 aliphatic heterocycles. The van der Waals surface area contributed by atoms with Crippen molar-refractivity contribution < 1.29 is 0 Å². The molecule has 7 heteroatoms. The Bertz CT molecular complexity index is 651. The molecule has 0 amide bonds. The maximum absolute atomic E-state index is 11.6. The molecule has 5 nitrogen and oxygen atoms in total. The summed E-state index contributed by atoms with van der Waals surface area (Å²) in [5.74, 6) is 0. The van der Waals surface area contributed by atoms with Gasteiger partial charge in [0, 0.05) is 11.1 Å². The van der Waals surface area contributed by atoms with Crippen molar-refractivity contribution >= 4 is 27.3 Å². The summed E-state index contributed by atoms with van der Waals surface area (Å²) in [7, 11) is 0. The van der Waals surface area contributed by atoms with Gasteiger partial charge < -0.3 is 0 Å². The van der Waals surface area contributed by atoms with Crippen molar-refractivity contribution in [3.8, 4) is 0 Å². The van der Waals surface area contributed by atoms with Crippen LogP contribution in [0.3, 0.4) is 0 Å². The molecule has 0 radical (unpaired) electrons. The maximum Gasteiger partial charge on any atom is 0.328 e. The molecule has 2 aromatic rings. The minimum Gasteiger partial charge on any atom is -0.293 e. The summed E-state index contributed by atoms with van der Waals surface area (Å²) in [5, 5.41) is 0.848. The first kappa shape index (κ1) is 12.3. The van der Waals surface area contributed by atoms with E-state index in [0.29, 0.717) is 11.0 Å². The van der Waals surface area contributed by atoms with Crippen molar-refractivity contribution in [2.75, 3.05) is 0 Å². The first-order chi connectivity index (χ1) is 7.97. The van der Waals surface area contributed by atoms with Gasteiger partial charge in [0.15, 0.2) is 0 Å². The quantitative estimate of drug-likeness (QED) is 0.911. The number of aryl methyl sites for hydroxylation is 2. The number of nitrogens with zero attached hydrogens (tertiary/aromatic N) is 2. The fourth-order valence-electron chi connectivity index (χ4n) is 1.35. The highest BCUT2D eigenvalue weighted by Gasteiger charge is 2.07. The van der Waals surface area contributed by atoms with E-state index in [1.165, 1.54) is 10.8 Å². The number of hydrogen-bond donors (Lipinski definition) is 1. The zero-order valence-corrected chi connectivity index (χ0v) is 11.7. The Balaban J connectivity index is 2.39. The second kappa shape index (κ2) is 4.58. The molecule has 0 spiro atoms. The summed E-state index contributed by atoms with van der Waals surface area (Å²) in [6.45, 7) is 4.29. The van der Waals surface area contributed by atoms with Crippen LogP contribution in [0.25, 0.3) is 0 Å². The normalized spacial score (nSPS) is 10.8. The van der Waals surface area contributed by atoms with Gasteiger partial charge in [-0.15, -0.1) is 11.3 Å². The van der Waals surface area contributed by atoms with E-state index in [4.69, 9.17) is 0 Å². The first-order valence-electron chi connectivity index (χ1n) is 4.89. The van der Waals surface area contributed by atoms with Crippen molar-refractivity contribution in [1.82, 2.24) is 14.5 Å². The van der Waals surface area contributed by atoms with Crippen LogP contribution < -0.4 is 11.2 Å². The number of hydrogen-bond acceptors (Lipinski definition) is 4. The van der Waals surface area contributed by atoms with Gasteiger partial charge in [-0.1, -0.05) is 0 Å². The van der Waals surface area contributed by atoms with Crippen LogP contribution in [0.15, 0.2) is 20.3 Å². The average molecular weight is 316 g/mol. The van der Waals surface area contributed by atoms with E-state index in [2.05, 4.69) is 25.9 Å². The van der Waals surface area contributed by atoms with Gasteiger partial charge in [-0.2, -0.15) is 0 Å². The largest absolute Gasteiger partial charge is 0.328 e. The number of thiazole rings is 1. The second-order valence-corrected chi connectivity index (χ2v) is 5.76. The molecule has 0 aliphatic carbocycles. The average Bonchev–Trinajstić information content (AvgIpc) is 2.55. The predicted molar refractivity (Wildman–Crippen MR) is 69.7 cm³/mol. The minimum atomic E-state index is -0.427. The molecular formula is C10H10BrN3O2S. The van der Waals surface area contributed by atoms with Crippen molar-refractivity contribution in [2.24, 2.45) is 0 Å². The molecule has 0 saturated heterocycles. The molecule has 0 aliphatic rings. The van der Waals surface area contributed by atoms with Gasteiger partial charge in [0.2, 0.25) is 0 Å². The van der Waals surface area contributed by atoms with Crippen LogP contribution in [0.4, 0.5) is 0 Å². The molecule has 90 valence electrons. The number of nitrogens with one attached hydrogen (secondary N) is 1. The third kappa shape index (κ3) is 2.55. The molecule has 0 unspecified atom stereocenters. The van der Waals surface area contributed by atoms with E-state index < -0.39 is 11.2 Å². The fourth-order valence-corrected chi connectivity index (χ4v) is 2.63. The van der Waals surface area contributed by atoms with Gasteiger partial charge in [0.25, 0.3) is 5.56 Å². The van der Waals surface area contributed by atoms with E-state index in [-0.39, 0.29) is 0 Å². The predicted octanol–water partition coefficient (Wildman–Crippen LogP) is 1.42. The van der Waals surface area contributed by atoms with Gasteiger partial charge in [-0.25, -0.2) is 9.78 Å². The Kier molecular flexibility index (Phi) is 3.30. The molecule has 2 heterocycles. The lowest BCUT2D eigenvalue weighted by Crippen LogP contribution is -2.30. The van der Waals surface area contributed by atoms with Crippen molar-refractivity contribution in [3.05, 3.63) is 47.1 Å². The van der Waals surface area contributed by atoms with E-state index in [9.17, 15) is 9.59 Å². The van der Waals surface area contributed by atoms with Gasteiger partial charge in [0.05, 0.1) is 16.7 Å². The molecule has 1 N–H and O–H groups in total. The van der Waals surface area contributed by atoms with Gasteiger partial charge in [0.1, 0.15) is 5.01 Å². The number of aromatic nitrogens is 3. The van der Waals surface area contributed by atoms with Crippen LogP contribution in [-0.2, 0) is 6.54 Å². The highest BCUT2D eigenvalue weighted by Crippen LogP contribution is 2.16. The Morgan fingerprint density at radius 2 is 2.18 bits per heavy atom. The Labute approximate surface area is 109 Å². The highest BCUT2D eigenvalue weighted by atomic mass is 79.9. The van der Waals surface area contributed by atoms with E-state index in [1.807, 2.05) is 13.8 Å². The number of halogens is 1. The summed E-state index contributed by atoms with van der Waals surface area (Å²) < 4.78 is 1.76. The zero-order chi connectivity index (χ0) is 12.6. The SMILES string of the molecule is Cc1nc(Cn2cc(Br)c(=O)[nH]c2=O)sc1C. The topological polar surface area (TPSA) is 67.8 Å². The van der Waals surface area contributed by atoms with Crippen molar-refractivity contribution in [1.29, 1.82) is 0 Å². The lowest BCUT2D eigenvalue weighted by atomic mass is 10.4. The van der Waals surface area contributed by atoms with Crippen LogP contribution in [0.1, 0.15) is 15.6 Å². The Hall–Kier alpha value is -1.21. The van der Waals surface area contributed by atoms with E-state index in [0.717, 1.165) is 15.6 Å². The number of aromatic amines is 1. The van der Waals surface area contributed by atoms with Gasteiger partial charge >= 0.3 is 5.69 Å². The van der Waals surface area contributed by atoms with E-state index in [1.54, 1.807) is 11.3 Å². The lowest BCUT2D eigenvalue weighted by Gasteiger charge is -2.02. The van der Waals surface area contributed by atoms with Crippen molar-refractivity contribution in [2.45, 2.75) is 20.4 Å². The fraction of sp³-hybridized carbons (Fsp3) is 0.300. The molecule has 2 rings (SSSR count). The van der Waals surface area contributed by atoms with Crippen LogP contribution in [0.2, 0.25) is 0 Å². The summed E-state index contributed by atoms with van der Waals surface area (Å²) in [6, 6.07) is 0. The molecule has 0 fully saturated rings. The highest BCUT2D eigenvalue weighted by molar-refractivity contribution is 9.10. The maximum atomic E-state index is 11.6. The summed E-state index contributed by atoms with van der Waals surface area (Å²) >= 11 is 4.64. The van der Waals surface area contributed by atoms with Crippen LogP contribution in [-0.4, -0.2) is 14.5 Å². The summed E-state index contributed by atoms with van der Waals surface area (Å²) in [6.07, 6.45) is 1.48. The number of rotatable bonds is 2. The van der Waals surface area contributed by atoms with Crippen LogP contribution in [0, 0.1) is 13.8 Å². The van der Waals surface area contributed by atoms with Gasteiger partial charge in [-0.3, -0.25) is 14.3 Å². The molecule has 2 aromatic heterocycles. The molecule has 17 heavy (non-hydrogen) atoms. The third-order valence-corrected chi connectivity index (χ3v) is 3.97.